The molecule has 148 valence electrons. The average Bonchev–Trinajstić information content (AvgIpc) is 3.31. The summed E-state index contributed by atoms with van der Waals surface area (Å²) < 4.78 is 29.3. The van der Waals surface area contributed by atoms with E-state index in [2.05, 4.69) is 4.98 Å². The molecule has 0 aliphatic heterocycles. The van der Waals surface area contributed by atoms with Crippen LogP contribution in [0.4, 0.5) is 8.78 Å². The van der Waals surface area contributed by atoms with Crippen molar-refractivity contribution in [3.63, 3.8) is 0 Å². The lowest BCUT2D eigenvalue weighted by molar-refractivity contribution is 0.506. The molecule has 2 aromatic carbocycles. The first-order chi connectivity index (χ1) is 15.6. The second-order valence-electron chi connectivity index (χ2n) is 7.14. The maximum Gasteiger partial charge on any atom is 0.167 e. The number of benzene rings is 2. The molecule has 0 unspecified atom stereocenters. The summed E-state index contributed by atoms with van der Waals surface area (Å²) >= 11 is 0. The summed E-state index contributed by atoms with van der Waals surface area (Å²) in [7, 11) is 0. The number of fused-ring (bicyclic) bond motifs is 4. The number of hydrogen-bond acceptors (Lipinski definition) is 4. The number of allylic oxidation sites excluding steroid dienone is 5. The number of hydrogen-bond donors (Lipinski definition) is 0. The van der Waals surface area contributed by atoms with Gasteiger partial charge in [0.25, 0.3) is 0 Å². The molecule has 5 rings (SSSR count). The van der Waals surface area contributed by atoms with Gasteiger partial charge in [-0.3, -0.25) is 4.98 Å². The van der Waals surface area contributed by atoms with Gasteiger partial charge in [-0.25, -0.2) is 8.78 Å². The first-order valence-corrected chi connectivity index (χ1v) is 9.55. The molecule has 1 aromatic heterocycles. The third-order valence-corrected chi connectivity index (χ3v) is 5.62. The lowest BCUT2D eigenvalue weighted by Gasteiger charge is -2.12. The topological polar surface area (TPSA) is 84.3 Å². The van der Waals surface area contributed by atoms with E-state index in [1.165, 1.54) is 12.1 Å². The standard InChI is InChI=1S/C26H10F2N4/c27-20-8-7-16-17(9-10-29)23(21(14(12-30)13-31)24(16)25(20)28)22-15-4-1-2-5-18(15)26-19(22)6-3-11-32-26/h1-9,11H/b17-9?,23-22+. The molecule has 4 nitrogen and oxygen atoms in total. The minimum Gasteiger partial charge on any atom is -0.256 e. The molecule has 1 heterocycles. The Morgan fingerprint density at radius 2 is 1.53 bits per heavy atom. The lowest BCUT2D eigenvalue weighted by atomic mass is 9.89. The van der Waals surface area contributed by atoms with Crippen molar-refractivity contribution in [2.45, 2.75) is 0 Å². The fourth-order valence-electron chi connectivity index (χ4n) is 4.42. The summed E-state index contributed by atoms with van der Waals surface area (Å²) in [5.41, 5.74) is 3.94. The molecule has 0 saturated carbocycles. The number of nitriles is 3. The fraction of sp³-hybridized carbons (Fsp3) is 0. The number of nitrogens with zero attached hydrogens (tertiary/aromatic N) is 4. The van der Waals surface area contributed by atoms with Gasteiger partial charge in [0.1, 0.15) is 17.7 Å². The van der Waals surface area contributed by atoms with Crippen molar-refractivity contribution in [2.75, 3.05) is 0 Å². The molecule has 0 radical (unpaired) electrons. The molecule has 0 atom stereocenters. The average molecular weight is 416 g/mol. The van der Waals surface area contributed by atoms with E-state index in [9.17, 15) is 20.2 Å². The summed E-state index contributed by atoms with van der Waals surface area (Å²) in [5.74, 6) is -2.27. The Kier molecular flexibility index (Phi) is 4.26. The van der Waals surface area contributed by atoms with Crippen molar-refractivity contribution < 1.29 is 8.78 Å². The zero-order valence-electron chi connectivity index (χ0n) is 16.3. The van der Waals surface area contributed by atoms with Gasteiger partial charge < -0.3 is 0 Å². The van der Waals surface area contributed by atoms with Crippen molar-refractivity contribution in [1.82, 2.24) is 4.98 Å². The van der Waals surface area contributed by atoms with Crippen LogP contribution in [0.25, 0.3) is 28.0 Å². The predicted molar refractivity (Wildman–Crippen MR) is 114 cm³/mol. The van der Waals surface area contributed by atoms with Gasteiger partial charge in [0.15, 0.2) is 11.6 Å². The van der Waals surface area contributed by atoms with Crippen molar-refractivity contribution >= 4 is 16.7 Å². The maximum atomic E-state index is 15.1. The SMILES string of the molecule is N#CC=C1/C(=C2/c3ccccc3-c3ncccc32)C(=C(C#N)C#N)c2c1ccc(F)c2F. The van der Waals surface area contributed by atoms with Crippen molar-refractivity contribution in [3.8, 4) is 29.5 Å². The van der Waals surface area contributed by atoms with Gasteiger partial charge in [0.2, 0.25) is 0 Å². The van der Waals surface area contributed by atoms with Crippen LogP contribution in [0, 0.1) is 45.6 Å². The Morgan fingerprint density at radius 3 is 2.25 bits per heavy atom. The van der Waals surface area contributed by atoms with Gasteiger partial charge in [0, 0.05) is 51.3 Å². The Morgan fingerprint density at radius 1 is 0.812 bits per heavy atom. The van der Waals surface area contributed by atoms with Crippen molar-refractivity contribution in [1.29, 1.82) is 15.8 Å². The Balaban J connectivity index is 2.05. The molecule has 0 bridgehead atoms. The second kappa shape index (κ2) is 7.13. The van der Waals surface area contributed by atoms with E-state index in [0.29, 0.717) is 28.0 Å². The van der Waals surface area contributed by atoms with Gasteiger partial charge in [-0.15, -0.1) is 0 Å². The highest BCUT2D eigenvalue weighted by Crippen LogP contribution is 2.55. The molecule has 0 fully saturated rings. The van der Waals surface area contributed by atoms with E-state index in [4.69, 9.17) is 0 Å². The maximum absolute atomic E-state index is 15.1. The van der Waals surface area contributed by atoms with Crippen LogP contribution in [0.1, 0.15) is 22.3 Å². The first-order valence-electron chi connectivity index (χ1n) is 9.55. The highest BCUT2D eigenvalue weighted by atomic mass is 19.2. The molecule has 2 aliphatic rings. The number of rotatable bonds is 0. The monoisotopic (exact) mass is 416 g/mol. The fourth-order valence-corrected chi connectivity index (χ4v) is 4.42. The molecule has 6 heteroatoms. The second-order valence-corrected chi connectivity index (χ2v) is 7.14. The summed E-state index contributed by atoms with van der Waals surface area (Å²) in [6.45, 7) is 0. The van der Waals surface area contributed by atoms with E-state index < -0.39 is 11.6 Å². The molecule has 2 aliphatic carbocycles. The van der Waals surface area contributed by atoms with E-state index in [0.717, 1.165) is 17.2 Å². The molecule has 0 saturated heterocycles. The summed E-state index contributed by atoms with van der Waals surface area (Å²) in [6.07, 6.45) is 2.88. The lowest BCUT2D eigenvalue weighted by Crippen LogP contribution is -1.96. The van der Waals surface area contributed by atoms with Gasteiger partial charge in [-0.05, 0) is 23.3 Å². The number of aromatic nitrogens is 1. The minimum atomic E-state index is -1.17. The van der Waals surface area contributed by atoms with Crippen molar-refractivity contribution in [2.24, 2.45) is 0 Å². The third-order valence-electron chi connectivity index (χ3n) is 5.62. The van der Waals surface area contributed by atoms with Crippen LogP contribution in [-0.2, 0) is 0 Å². The number of halogens is 2. The number of pyridine rings is 1. The summed E-state index contributed by atoms with van der Waals surface area (Å²) in [4.78, 5) is 4.49. The van der Waals surface area contributed by atoms with E-state index in [1.54, 1.807) is 12.3 Å². The molecule has 0 amide bonds. The van der Waals surface area contributed by atoms with Crippen molar-refractivity contribution in [3.05, 3.63) is 106 Å². The van der Waals surface area contributed by atoms with Gasteiger partial charge >= 0.3 is 0 Å². The molecular formula is C26H10F2N4. The Hall–Kier alpha value is -4.86. The van der Waals surface area contributed by atoms with Crippen LogP contribution >= 0.6 is 0 Å². The normalized spacial score (nSPS) is 16.6. The van der Waals surface area contributed by atoms with E-state index in [1.807, 2.05) is 48.5 Å². The first kappa shape index (κ1) is 19.1. The zero-order valence-corrected chi connectivity index (χ0v) is 16.3. The zero-order chi connectivity index (χ0) is 22.4. The Bertz CT molecular complexity index is 1510. The molecule has 0 N–H and O–H groups in total. The van der Waals surface area contributed by atoms with E-state index >= 15 is 4.39 Å². The smallest absolute Gasteiger partial charge is 0.167 e. The Labute approximate surface area is 181 Å². The molecule has 0 spiro atoms. The molecule has 3 aromatic rings. The molecular weight excluding hydrogens is 406 g/mol. The predicted octanol–water partition coefficient (Wildman–Crippen LogP) is 5.56. The van der Waals surface area contributed by atoms with Gasteiger partial charge in [-0.2, -0.15) is 15.8 Å². The van der Waals surface area contributed by atoms with Crippen LogP contribution in [-0.4, -0.2) is 4.98 Å². The van der Waals surface area contributed by atoms with Crippen LogP contribution < -0.4 is 0 Å². The molecule has 32 heavy (non-hydrogen) atoms. The van der Waals surface area contributed by atoms with Crippen LogP contribution in [0.15, 0.2) is 72.0 Å². The quantitative estimate of drug-likeness (QED) is 0.351. The summed E-state index contributed by atoms with van der Waals surface area (Å²) in [6, 6.07) is 19.0. The third kappa shape index (κ3) is 2.46. The van der Waals surface area contributed by atoms with Gasteiger partial charge in [0.05, 0.1) is 11.8 Å². The largest absolute Gasteiger partial charge is 0.256 e. The summed E-state index contributed by atoms with van der Waals surface area (Å²) in [5, 5.41) is 28.8. The van der Waals surface area contributed by atoms with Gasteiger partial charge in [-0.1, -0.05) is 36.4 Å². The van der Waals surface area contributed by atoms with Crippen LogP contribution in [0.5, 0.6) is 0 Å². The van der Waals surface area contributed by atoms with Crippen LogP contribution in [0.3, 0.4) is 0 Å². The highest BCUT2D eigenvalue weighted by molar-refractivity contribution is 6.20. The van der Waals surface area contributed by atoms with E-state index in [-0.39, 0.29) is 22.3 Å². The van der Waals surface area contributed by atoms with Crippen LogP contribution in [0.2, 0.25) is 0 Å². The minimum absolute atomic E-state index is 0.0231. The highest BCUT2D eigenvalue weighted by Gasteiger charge is 2.38.